The molecule has 0 unspecified atom stereocenters. The molecule has 0 saturated heterocycles. The summed E-state index contributed by atoms with van der Waals surface area (Å²) in [4.78, 5) is 20.4. The fourth-order valence-corrected chi connectivity index (χ4v) is 3.00. The Kier molecular flexibility index (Phi) is 3.93. The van der Waals surface area contributed by atoms with Gasteiger partial charge in [0.2, 0.25) is 0 Å². The average Bonchev–Trinajstić information content (AvgIpc) is 2.69. The van der Waals surface area contributed by atoms with Crippen molar-refractivity contribution in [1.29, 1.82) is 0 Å². The predicted octanol–water partition coefficient (Wildman–Crippen LogP) is 3.02. The Balaban J connectivity index is 2.45. The Hall–Kier alpha value is -1.47. The van der Waals surface area contributed by atoms with Crippen LogP contribution < -0.4 is 11.1 Å². The summed E-state index contributed by atoms with van der Waals surface area (Å²) in [7, 11) is 0. The van der Waals surface area contributed by atoms with Gasteiger partial charge in [0.25, 0.3) is 0 Å². The van der Waals surface area contributed by atoms with Gasteiger partial charge in [0.05, 0.1) is 20.0 Å². The monoisotopic (exact) mass is 326 g/mol. The largest absolute Gasteiger partial charge is 0.351 e. The van der Waals surface area contributed by atoms with Crippen LogP contribution >= 0.6 is 27.3 Å². The molecule has 2 amide bonds. The lowest BCUT2D eigenvalue weighted by molar-refractivity contribution is 0.259. The maximum Gasteiger partial charge on any atom is 0.316 e. The highest BCUT2D eigenvalue weighted by molar-refractivity contribution is 9.11. The first-order valence-corrected chi connectivity index (χ1v) is 6.89. The number of hydrogen-bond donors (Lipinski definition) is 2. The van der Waals surface area contributed by atoms with Crippen LogP contribution in [-0.2, 0) is 6.42 Å². The summed E-state index contributed by atoms with van der Waals surface area (Å²) in [6.45, 7) is 1.99. The van der Waals surface area contributed by atoms with Gasteiger partial charge in [0.15, 0.2) is 0 Å². The van der Waals surface area contributed by atoms with Gasteiger partial charge in [0.1, 0.15) is 5.82 Å². The molecular weight excluding hydrogens is 316 g/mol. The van der Waals surface area contributed by atoms with Crippen molar-refractivity contribution >= 4 is 39.0 Å². The molecule has 0 aromatic carbocycles. The molecule has 2 heterocycles. The molecule has 7 heteroatoms. The van der Waals surface area contributed by atoms with Gasteiger partial charge in [-0.25, -0.2) is 14.8 Å². The minimum absolute atomic E-state index is 0.591. The summed E-state index contributed by atoms with van der Waals surface area (Å²) in [5.74, 6) is 0.766. The molecule has 0 fully saturated rings. The Bertz CT molecular complexity index is 584. The fraction of sp³-hybridized carbons (Fsp3) is 0.182. The smallest absolute Gasteiger partial charge is 0.316 e. The lowest BCUT2D eigenvalue weighted by Gasteiger charge is -2.04. The van der Waals surface area contributed by atoms with Crippen LogP contribution in [0.1, 0.15) is 12.7 Å². The zero-order valence-electron chi connectivity index (χ0n) is 9.61. The van der Waals surface area contributed by atoms with E-state index in [1.807, 2.05) is 13.0 Å². The highest BCUT2D eigenvalue weighted by Gasteiger charge is 2.13. The molecule has 0 radical (unpaired) electrons. The molecule has 18 heavy (non-hydrogen) atoms. The second-order valence-electron chi connectivity index (χ2n) is 3.49. The molecule has 2 aromatic heterocycles. The molecule has 0 atom stereocenters. The highest BCUT2D eigenvalue weighted by atomic mass is 79.9. The number of carbonyl (C=O) groups is 1. The molecule has 0 saturated carbocycles. The third kappa shape index (κ3) is 2.85. The number of thiophene rings is 1. The third-order valence-electron chi connectivity index (χ3n) is 2.21. The number of nitrogens with zero attached hydrogens (tertiary/aromatic N) is 2. The number of amides is 2. The van der Waals surface area contributed by atoms with E-state index in [0.717, 1.165) is 26.6 Å². The van der Waals surface area contributed by atoms with Gasteiger partial charge < -0.3 is 11.1 Å². The van der Waals surface area contributed by atoms with Gasteiger partial charge in [0, 0.05) is 12.6 Å². The molecule has 2 rings (SSSR count). The van der Waals surface area contributed by atoms with Crippen LogP contribution in [0.25, 0.3) is 10.6 Å². The van der Waals surface area contributed by atoms with Crippen molar-refractivity contribution in [3.8, 4) is 10.6 Å². The first-order chi connectivity index (χ1) is 8.60. The van der Waals surface area contributed by atoms with E-state index < -0.39 is 6.03 Å². The van der Waals surface area contributed by atoms with Gasteiger partial charge in [-0.1, -0.05) is 6.92 Å². The van der Waals surface area contributed by atoms with Gasteiger partial charge in [-0.3, -0.25) is 0 Å². The minimum Gasteiger partial charge on any atom is -0.351 e. The number of halogens is 1. The number of hydrogen-bond acceptors (Lipinski definition) is 4. The minimum atomic E-state index is -0.591. The van der Waals surface area contributed by atoms with Gasteiger partial charge >= 0.3 is 6.03 Å². The van der Waals surface area contributed by atoms with Crippen LogP contribution in [0.5, 0.6) is 0 Å². The van der Waals surface area contributed by atoms with Gasteiger partial charge in [-0.2, -0.15) is 0 Å². The van der Waals surface area contributed by atoms with Crippen molar-refractivity contribution in [3.05, 3.63) is 27.9 Å². The SMILES string of the molecule is CCc1nccc(-c2sc(Br)cc2NC(N)=O)n1. The fourth-order valence-electron chi connectivity index (χ4n) is 1.47. The van der Waals surface area contributed by atoms with Crippen molar-refractivity contribution in [3.63, 3.8) is 0 Å². The maximum atomic E-state index is 11.0. The summed E-state index contributed by atoms with van der Waals surface area (Å²) in [6.07, 6.45) is 2.47. The molecule has 0 bridgehead atoms. The zero-order valence-corrected chi connectivity index (χ0v) is 12.0. The number of nitrogens with two attached hydrogens (primary N) is 1. The molecule has 5 nitrogen and oxygen atoms in total. The van der Waals surface area contributed by atoms with Crippen LogP contribution in [0, 0.1) is 0 Å². The van der Waals surface area contributed by atoms with E-state index in [0.29, 0.717) is 5.69 Å². The van der Waals surface area contributed by atoms with E-state index in [2.05, 4.69) is 31.2 Å². The molecule has 94 valence electrons. The lowest BCUT2D eigenvalue weighted by atomic mass is 10.3. The topological polar surface area (TPSA) is 80.9 Å². The Morgan fingerprint density at radius 2 is 2.39 bits per heavy atom. The van der Waals surface area contributed by atoms with E-state index >= 15 is 0 Å². The summed E-state index contributed by atoms with van der Waals surface area (Å²) < 4.78 is 0.901. The second kappa shape index (κ2) is 5.45. The number of nitrogens with one attached hydrogen (secondary N) is 1. The van der Waals surface area contributed by atoms with Crippen LogP contribution in [0.4, 0.5) is 10.5 Å². The van der Waals surface area contributed by atoms with Crippen molar-refractivity contribution < 1.29 is 4.79 Å². The molecule has 0 aliphatic heterocycles. The normalized spacial score (nSPS) is 10.3. The lowest BCUT2D eigenvalue weighted by Crippen LogP contribution is -2.19. The first kappa shape index (κ1) is 13.0. The van der Waals surface area contributed by atoms with E-state index in [4.69, 9.17) is 5.73 Å². The Morgan fingerprint density at radius 1 is 1.61 bits per heavy atom. The summed E-state index contributed by atoms with van der Waals surface area (Å²) in [6, 6.07) is 3.02. The summed E-state index contributed by atoms with van der Waals surface area (Å²) in [5, 5.41) is 2.59. The molecular formula is C11H11BrN4OS. The maximum absolute atomic E-state index is 11.0. The molecule has 3 N–H and O–H groups in total. The van der Waals surface area contributed by atoms with E-state index in [-0.39, 0.29) is 0 Å². The molecule has 0 aliphatic rings. The van der Waals surface area contributed by atoms with Crippen molar-refractivity contribution in [2.24, 2.45) is 5.73 Å². The number of aromatic nitrogens is 2. The van der Waals surface area contributed by atoms with E-state index in [1.165, 1.54) is 11.3 Å². The van der Waals surface area contributed by atoms with Gasteiger partial charge in [-0.05, 0) is 28.1 Å². The zero-order chi connectivity index (χ0) is 13.1. The average molecular weight is 327 g/mol. The van der Waals surface area contributed by atoms with Crippen molar-refractivity contribution in [2.75, 3.05) is 5.32 Å². The first-order valence-electron chi connectivity index (χ1n) is 5.28. The van der Waals surface area contributed by atoms with E-state index in [1.54, 1.807) is 12.3 Å². The third-order valence-corrected chi connectivity index (χ3v) is 3.87. The van der Waals surface area contributed by atoms with Crippen LogP contribution in [0.3, 0.4) is 0 Å². The quantitative estimate of drug-likeness (QED) is 0.909. The van der Waals surface area contributed by atoms with E-state index in [9.17, 15) is 4.79 Å². The molecule has 0 spiro atoms. The van der Waals surface area contributed by atoms with Crippen LogP contribution in [-0.4, -0.2) is 16.0 Å². The van der Waals surface area contributed by atoms with Crippen molar-refractivity contribution in [1.82, 2.24) is 9.97 Å². The summed E-state index contributed by atoms with van der Waals surface area (Å²) in [5.41, 5.74) is 6.58. The molecule has 2 aromatic rings. The number of rotatable bonds is 3. The number of urea groups is 1. The Morgan fingerprint density at radius 3 is 3.06 bits per heavy atom. The highest BCUT2D eigenvalue weighted by Crippen LogP contribution is 2.38. The Labute approximate surface area is 117 Å². The van der Waals surface area contributed by atoms with Crippen molar-refractivity contribution in [2.45, 2.75) is 13.3 Å². The number of aryl methyl sites for hydroxylation is 1. The number of carbonyl (C=O) groups excluding carboxylic acids is 1. The second-order valence-corrected chi connectivity index (χ2v) is 5.93. The van der Waals surface area contributed by atoms with Crippen LogP contribution in [0.2, 0.25) is 0 Å². The number of anilines is 1. The van der Waals surface area contributed by atoms with Gasteiger partial charge in [-0.15, -0.1) is 11.3 Å². The molecule has 0 aliphatic carbocycles. The summed E-state index contributed by atoms with van der Waals surface area (Å²) >= 11 is 4.87. The number of primary amides is 1. The standard InChI is InChI=1S/C11H11BrN4OS/c1-2-9-14-4-3-6(15-9)10-7(16-11(13)17)5-8(12)18-10/h3-5H,2H2,1H3,(H3,13,16,17). The van der Waals surface area contributed by atoms with Crippen LogP contribution in [0.15, 0.2) is 22.1 Å². The predicted molar refractivity (Wildman–Crippen MR) is 75.6 cm³/mol.